The van der Waals surface area contributed by atoms with Gasteiger partial charge in [0, 0.05) is 54.7 Å². The van der Waals surface area contributed by atoms with Crippen LogP contribution >= 0.6 is 34.2 Å². The number of benzene rings is 2. The number of aromatic nitrogens is 4. The first-order valence-electron chi connectivity index (χ1n) is 12.0. The lowest BCUT2D eigenvalue weighted by Crippen LogP contribution is -2.20. The minimum absolute atomic E-state index is 0.315. The Morgan fingerprint density at radius 1 is 1.18 bits per heavy atom. The first-order chi connectivity index (χ1) is 19.0. The van der Waals surface area contributed by atoms with E-state index < -0.39 is 12.6 Å². The van der Waals surface area contributed by atoms with Crippen molar-refractivity contribution < 1.29 is 9.18 Å². The molecule has 4 aromatic rings. The smallest absolute Gasteiger partial charge is 0.248 e. The predicted octanol–water partition coefficient (Wildman–Crippen LogP) is 6.26. The fraction of sp³-hybridized carbons (Fsp3) is 0.185. The third-order valence-corrected chi connectivity index (χ3v) is 6.49. The molecule has 4 rings (SSSR count). The predicted molar refractivity (Wildman–Crippen MR) is 163 cm³/mol. The van der Waals surface area contributed by atoms with Crippen LogP contribution in [0.15, 0.2) is 79.1 Å². The molecule has 0 aliphatic heterocycles. The molecule has 202 valence electrons. The Morgan fingerprint density at radius 2 is 1.97 bits per heavy atom. The number of aryl methyl sites for hydroxylation is 1. The van der Waals surface area contributed by atoms with E-state index in [0.29, 0.717) is 45.8 Å². The zero-order chi connectivity index (χ0) is 27.6. The van der Waals surface area contributed by atoms with Crippen molar-refractivity contribution in [3.8, 4) is 0 Å². The fourth-order valence-electron chi connectivity index (χ4n) is 3.77. The highest BCUT2D eigenvalue weighted by molar-refractivity contribution is 14.1. The normalized spacial score (nSPS) is 11.0. The standard InChI is InChI=1S/C27H27ClFIN8O/c1-37-17-23(25(28)36-37)34-27-32-16-19(12-14-31-20-7-3-2-4-8-20)26(35-27)38(18-30)22-10-5-9-21(15-22)33-24(39)11-6-13-29/h2-11,15-17,31H,12-14,18H2,1H3,(H,33,39)(H,32,34,35)/b11-6+. The summed E-state index contributed by atoms with van der Waals surface area (Å²) < 4.78 is 14.6. The van der Waals surface area contributed by atoms with Gasteiger partial charge in [0.15, 0.2) is 5.15 Å². The Morgan fingerprint density at radius 3 is 2.69 bits per heavy atom. The molecule has 0 saturated heterocycles. The van der Waals surface area contributed by atoms with Gasteiger partial charge in [-0.25, -0.2) is 9.37 Å². The molecule has 0 atom stereocenters. The molecule has 3 N–H and O–H groups in total. The molecule has 0 radical (unpaired) electrons. The van der Waals surface area contributed by atoms with Crippen molar-refractivity contribution >= 4 is 74.6 Å². The van der Waals surface area contributed by atoms with Gasteiger partial charge in [0.05, 0.1) is 10.2 Å². The van der Waals surface area contributed by atoms with Gasteiger partial charge in [0.1, 0.15) is 12.5 Å². The van der Waals surface area contributed by atoms with Gasteiger partial charge in [0.25, 0.3) is 0 Å². The van der Waals surface area contributed by atoms with E-state index in [1.165, 1.54) is 6.08 Å². The average molecular weight is 661 g/mol. The maximum Gasteiger partial charge on any atom is 0.248 e. The maximum atomic E-state index is 12.4. The highest BCUT2D eigenvalue weighted by atomic mass is 127. The van der Waals surface area contributed by atoms with E-state index >= 15 is 0 Å². The number of hydrogen-bond acceptors (Lipinski definition) is 7. The Kier molecular flexibility index (Phi) is 10.1. The number of nitrogens with one attached hydrogen (secondary N) is 3. The number of amides is 1. The lowest BCUT2D eigenvalue weighted by Gasteiger charge is -2.25. The number of carbonyl (C=O) groups is 1. The molecule has 2 heterocycles. The Labute approximate surface area is 244 Å². The van der Waals surface area contributed by atoms with Gasteiger partial charge in [-0.2, -0.15) is 10.1 Å². The molecule has 2 aromatic carbocycles. The van der Waals surface area contributed by atoms with E-state index in [0.717, 1.165) is 23.0 Å². The van der Waals surface area contributed by atoms with Crippen LogP contribution in [0.2, 0.25) is 5.15 Å². The average Bonchev–Trinajstić information content (AvgIpc) is 3.25. The van der Waals surface area contributed by atoms with Crippen LogP contribution in [0.5, 0.6) is 0 Å². The number of halogens is 3. The van der Waals surface area contributed by atoms with E-state index in [1.54, 1.807) is 30.2 Å². The number of anilines is 6. The van der Waals surface area contributed by atoms with Crippen molar-refractivity contribution in [2.75, 3.05) is 38.6 Å². The summed E-state index contributed by atoms with van der Waals surface area (Å²) in [6.45, 7) is -0.0278. The van der Waals surface area contributed by atoms with E-state index in [1.807, 2.05) is 53.4 Å². The van der Waals surface area contributed by atoms with Gasteiger partial charge in [-0.3, -0.25) is 9.48 Å². The third-order valence-electron chi connectivity index (χ3n) is 5.53. The van der Waals surface area contributed by atoms with Crippen LogP contribution in [-0.2, 0) is 18.3 Å². The summed E-state index contributed by atoms with van der Waals surface area (Å²) in [4.78, 5) is 23.5. The van der Waals surface area contributed by atoms with Crippen LogP contribution in [0, 0.1) is 0 Å². The molecular formula is C27H27ClFIN8O. The van der Waals surface area contributed by atoms with Crippen LogP contribution in [-0.4, -0.2) is 43.4 Å². The number of rotatable bonds is 12. The molecule has 0 saturated carbocycles. The Bertz CT molecular complexity index is 1430. The van der Waals surface area contributed by atoms with Crippen molar-refractivity contribution in [3.63, 3.8) is 0 Å². The van der Waals surface area contributed by atoms with Crippen molar-refractivity contribution in [3.05, 3.63) is 89.9 Å². The second-order valence-electron chi connectivity index (χ2n) is 8.36. The molecule has 0 unspecified atom stereocenters. The topological polar surface area (TPSA) is 100 Å². The van der Waals surface area contributed by atoms with Crippen LogP contribution < -0.4 is 20.9 Å². The second-order valence-corrected chi connectivity index (χ2v) is 9.40. The van der Waals surface area contributed by atoms with Crippen molar-refractivity contribution in [1.82, 2.24) is 19.7 Å². The first kappa shape index (κ1) is 28.3. The molecule has 9 nitrogen and oxygen atoms in total. The summed E-state index contributed by atoms with van der Waals surface area (Å²) in [5.74, 6) is 0.674. The Hall–Kier alpha value is -3.71. The van der Waals surface area contributed by atoms with E-state index in [-0.39, 0.29) is 0 Å². The molecule has 1 amide bonds. The molecular weight excluding hydrogens is 634 g/mol. The second kappa shape index (κ2) is 13.9. The SMILES string of the molecule is Cn1cc(Nc2ncc(CCNc3ccccc3)c(N(CI)c3cccc(NC(=O)/C=C/CF)c3)n2)c(Cl)n1. The number of nitrogens with zero attached hydrogens (tertiary/aromatic N) is 5. The largest absolute Gasteiger partial charge is 0.385 e. The summed E-state index contributed by atoms with van der Waals surface area (Å²) in [5, 5.41) is 13.8. The van der Waals surface area contributed by atoms with E-state index in [4.69, 9.17) is 16.6 Å². The van der Waals surface area contributed by atoms with Crippen LogP contribution in [0.25, 0.3) is 0 Å². The van der Waals surface area contributed by atoms with Gasteiger partial charge in [-0.15, -0.1) is 0 Å². The molecule has 2 aromatic heterocycles. The molecule has 39 heavy (non-hydrogen) atoms. The molecule has 0 spiro atoms. The van der Waals surface area contributed by atoms with Gasteiger partial charge in [-0.05, 0) is 42.8 Å². The zero-order valence-electron chi connectivity index (χ0n) is 21.1. The lowest BCUT2D eigenvalue weighted by molar-refractivity contribution is -0.111. The first-order valence-corrected chi connectivity index (χ1v) is 13.9. The third kappa shape index (κ3) is 7.90. The van der Waals surface area contributed by atoms with Gasteiger partial charge in [0.2, 0.25) is 11.9 Å². The van der Waals surface area contributed by atoms with E-state index in [2.05, 4.69) is 48.6 Å². The summed E-state index contributed by atoms with van der Waals surface area (Å²) in [7, 11) is 1.78. The number of carbonyl (C=O) groups excluding carboxylic acids is 1. The number of para-hydroxylation sites is 1. The van der Waals surface area contributed by atoms with Gasteiger partial charge in [-0.1, -0.05) is 58.5 Å². The Balaban J connectivity index is 1.64. The minimum Gasteiger partial charge on any atom is -0.385 e. The minimum atomic E-state index is -0.702. The van der Waals surface area contributed by atoms with E-state index in [9.17, 15) is 9.18 Å². The summed E-state index contributed by atoms with van der Waals surface area (Å²) in [6, 6.07) is 17.4. The summed E-state index contributed by atoms with van der Waals surface area (Å²) >= 11 is 8.51. The quantitative estimate of drug-likeness (QED) is 0.0715. The van der Waals surface area contributed by atoms with Crippen LogP contribution in [0.4, 0.5) is 38.9 Å². The summed E-state index contributed by atoms with van der Waals surface area (Å²) in [5.41, 5.74) is 3.95. The van der Waals surface area contributed by atoms with Gasteiger partial charge < -0.3 is 20.9 Å². The lowest BCUT2D eigenvalue weighted by atomic mass is 10.2. The molecule has 12 heteroatoms. The highest BCUT2D eigenvalue weighted by Crippen LogP contribution is 2.32. The monoisotopic (exact) mass is 660 g/mol. The van der Waals surface area contributed by atoms with Crippen molar-refractivity contribution in [2.45, 2.75) is 6.42 Å². The van der Waals surface area contributed by atoms with Crippen molar-refractivity contribution in [1.29, 1.82) is 0 Å². The van der Waals surface area contributed by atoms with Crippen LogP contribution in [0.3, 0.4) is 0 Å². The van der Waals surface area contributed by atoms with Crippen molar-refractivity contribution in [2.24, 2.45) is 7.05 Å². The van der Waals surface area contributed by atoms with Gasteiger partial charge >= 0.3 is 0 Å². The number of allylic oxidation sites excluding steroid dienone is 1. The molecule has 0 aliphatic carbocycles. The summed E-state index contributed by atoms with van der Waals surface area (Å²) in [6.07, 6.45) is 6.55. The zero-order valence-corrected chi connectivity index (χ0v) is 24.0. The number of alkyl halides is 2. The van der Waals surface area contributed by atoms with Crippen LogP contribution in [0.1, 0.15) is 5.56 Å². The molecule has 0 bridgehead atoms. The molecule has 0 aliphatic rings. The highest BCUT2D eigenvalue weighted by Gasteiger charge is 2.18. The number of hydrogen-bond donors (Lipinski definition) is 3. The fourth-order valence-corrected chi connectivity index (χ4v) is 4.70. The molecule has 0 fully saturated rings. The maximum absolute atomic E-state index is 12.4.